The average molecular weight is 365 g/mol. The summed E-state index contributed by atoms with van der Waals surface area (Å²) in [5, 5.41) is 11.7. The van der Waals surface area contributed by atoms with Gasteiger partial charge in [-0.05, 0) is 62.0 Å². The second-order valence-electron chi connectivity index (χ2n) is 6.46. The Morgan fingerprint density at radius 3 is 2.71 bits per heavy atom. The van der Waals surface area contributed by atoms with Crippen molar-refractivity contribution >= 4 is 28.9 Å². The number of carbonyl (C=O) groups is 1. The second kappa shape index (κ2) is 7.80. The highest BCUT2D eigenvalue weighted by atomic mass is 32.2. The first-order valence-corrected chi connectivity index (χ1v) is 10.4. The minimum absolute atomic E-state index is 0.165. The van der Waals surface area contributed by atoms with Crippen LogP contribution in [0.5, 0.6) is 0 Å². The van der Waals surface area contributed by atoms with Crippen molar-refractivity contribution in [2.75, 3.05) is 19.3 Å². The minimum atomic E-state index is 0.165. The van der Waals surface area contributed by atoms with E-state index >= 15 is 0 Å². The number of hydrogen-bond acceptors (Lipinski definition) is 6. The number of likely N-dealkylation sites (tertiary alicyclic amines) is 1. The van der Waals surface area contributed by atoms with Crippen LogP contribution >= 0.6 is 23.1 Å². The molecule has 0 bridgehead atoms. The Hall–Kier alpha value is -1.18. The number of thiophene rings is 1. The number of piperidine rings is 1. The van der Waals surface area contributed by atoms with Crippen molar-refractivity contribution < 1.29 is 4.79 Å². The summed E-state index contributed by atoms with van der Waals surface area (Å²) in [5.41, 5.74) is 1.27. The van der Waals surface area contributed by atoms with Gasteiger partial charge in [-0.25, -0.2) is 0 Å². The molecule has 0 spiro atoms. The van der Waals surface area contributed by atoms with E-state index in [1.165, 1.54) is 18.4 Å². The molecule has 0 saturated carbocycles. The van der Waals surface area contributed by atoms with Crippen molar-refractivity contribution in [2.45, 2.75) is 37.9 Å². The van der Waals surface area contributed by atoms with Gasteiger partial charge < -0.3 is 4.57 Å². The Morgan fingerprint density at radius 2 is 2.12 bits per heavy atom. The van der Waals surface area contributed by atoms with Gasteiger partial charge in [-0.1, -0.05) is 11.8 Å². The minimum Gasteiger partial charge on any atom is -0.309 e. The van der Waals surface area contributed by atoms with E-state index in [0.29, 0.717) is 5.92 Å². The maximum atomic E-state index is 11.4. The monoisotopic (exact) mass is 364 g/mol. The fraction of sp³-hybridized carbons (Fsp3) is 0.588. The van der Waals surface area contributed by atoms with Crippen molar-refractivity contribution in [3.05, 3.63) is 27.7 Å². The highest BCUT2D eigenvalue weighted by molar-refractivity contribution is 7.98. The SMILES string of the molecule is CSc1nnc(CC2CCN(Cc3csc(C(C)=O)c3)CC2)n1C. The molecule has 0 aliphatic carbocycles. The van der Waals surface area contributed by atoms with E-state index in [1.54, 1.807) is 30.0 Å². The van der Waals surface area contributed by atoms with Crippen LogP contribution in [0.4, 0.5) is 0 Å². The smallest absolute Gasteiger partial charge is 0.190 e. The number of thioether (sulfide) groups is 1. The third-order valence-electron chi connectivity index (χ3n) is 4.69. The summed E-state index contributed by atoms with van der Waals surface area (Å²) in [7, 11) is 2.06. The van der Waals surface area contributed by atoms with Crippen molar-refractivity contribution in [3.8, 4) is 0 Å². The zero-order chi connectivity index (χ0) is 17.1. The molecular formula is C17H24N4OS2. The molecule has 24 heavy (non-hydrogen) atoms. The third kappa shape index (κ3) is 4.07. The van der Waals surface area contributed by atoms with Gasteiger partial charge in [0.05, 0.1) is 4.88 Å². The van der Waals surface area contributed by atoms with E-state index in [0.717, 1.165) is 41.9 Å². The maximum absolute atomic E-state index is 11.4. The topological polar surface area (TPSA) is 51.0 Å². The number of hydrogen-bond donors (Lipinski definition) is 0. The molecule has 0 unspecified atom stereocenters. The van der Waals surface area contributed by atoms with Crippen LogP contribution in [0, 0.1) is 5.92 Å². The zero-order valence-corrected chi connectivity index (χ0v) is 16.1. The van der Waals surface area contributed by atoms with Gasteiger partial charge in [-0.15, -0.1) is 21.5 Å². The molecule has 0 aromatic carbocycles. The summed E-state index contributed by atoms with van der Waals surface area (Å²) in [4.78, 5) is 14.8. The average Bonchev–Trinajstić information content (AvgIpc) is 3.17. The van der Waals surface area contributed by atoms with Gasteiger partial charge >= 0.3 is 0 Å². The Labute approximate surface area is 151 Å². The van der Waals surface area contributed by atoms with Gasteiger partial charge in [-0.3, -0.25) is 9.69 Å². The van der Waals surface area contributed by atoms with Crippen LogP contribution < -0.4 is 0 Å². The lowest BCUT2D eigenvalue weighted by atomic mass is 9.93. The molecule has 2 aromatic rings. The Bertz CT molecular complexity index is 701. The van der Waals surface area contributed by atoms with Gasteiger partial charge in [0.2, 0.25) is 0 Å². The molecule has 1 aliphatic heterocycles. The van der Waals surface area contributed by atoms with E-state index in [4.69, 9.17) is 0 Å². The standard InChI is InChI=1S/C17H24N4OS2/c1-12(22)15-8-14(11-24-15)10-21-6-4-13(5-7-21)9-16-18-19-17(23-3)20(16)2/h8,11,13H,4-7,9-10H2,1-3H3. The normalized spacial score (nSPS) is 16.6. The molecule has 1 fully saturated rings. The van der Waals surface area contributed by atoms with Crippen molar-refractivity contribution in [1.29, 1.82) is 0 Å². The molecule has 5 nitrogen and oxygen atoms in total. The summed E-state index contributed by atoms with van der Waals surface area (Å²) >= 11 is 3.20. The van der Waals surface area contributed by atoms with E-state index < -0.39 is 0 Å². The van der Waals surface area contributed by atoms with Gasteiger partial charge in [0.25, 0.3) is 0 Å². The fourth-order valence-electron chi connectivity index (χ4n) is 3.21. The first-order valence-electron chi connectivity index (χ1n) is 8.29. The predicted octanol–water partition coefficient (Wildman–Crippen LogP) is 3.26. The zero-order valence-electron chi connectivity index (χ0n) is 14.5. The van der Waals surface area contributed by atoms with Crippen LogP contribution in [0.15, 0.2) is 16.6 Å². The summed E-state index contributed by atoms with van der Waals surface area (Å²) in [6, 6.07) is 2.04. The number of rotatable bonds is 6. The Kier molecular flexibility index (Phi) is 5.73. The second-order valence-corrected chi connectivity index (χ2v) is 8.15. The van der Waals surface area contributed by atoms with E-state index in [1.807, 2.05) is 12.3 Å². The molecule has 3 rings (SSSR count). The van der Waals surface area contributed by atoms with Crippen molar-refractivity contribution in [2.24, 2.45) is 13.0 Å². The predicted molar refractivity (Wildman–Crippen MR) is 98.8 cm³/mol. The van der Waals surface area contributed by atoms with Crippen LogP contribution in [0.3, 0.4) is 0 Å². The highest BCUT2D eigenvalue weighted by Crippen LogP contribution is 2.24. The van der Waals surface area contributed by atoms with Gasteiger partial charge in [0.1, 0.15) is 5.82 Å². The van der Waals surface area contributed by atoms with E-state index in [2.05, 4.69) is 32.1 Å². The number of nitrogens with zero attached hydrogens (tertiary/aromatic N) is 4. The first-order chi connectivity index (χ1) is 11.6. The molecule has 0 amide bonds. The fourth-order valence-corrected chi connectivity index (χ4v) is 4.52. The van der Waals surface area contributed by atoms with Gasteiger partial charge in [0.15, 0.2) is 10.9 Å². The molecule has 7 heteroatoms. The largest absolute Gasteiger partial charge is 0.309 e. The molecule has 1 aliphatic rings. The summed E-state index contributed by atoms with van der Waals surface area (Å²) in [6.45, 7) is 4.82. The molecular weight excluding hydrogens is 340 g/mol. The number of ketones is 1. The van der Waals surface area contributed by atoms with Crippen molar-refractivity contribution in [3.63, 3.8) is 0 Å². The summed E-state index contributed by atoms with van der Waals surface area (Å²) < 4.78 is 2.12. The Morgan fingerprint density at radius 1 is 1.38 bits per heavy atom. The first kappa shape index (κ1) is 17.6. The van der Waals surface area contributed by atoms with Crippen LogP contribution in [-0.4, -0.2) is 44.8 Å². The molecule has 1 saturated heterocycles. The maximum Gasteiger partial charge on any atom is 0.190 e. The van der Waals surface area contributed by atoms with Crippen LogP contribution in [0.25, 0.3) is 0 Å². The lowest BCUT2D eigenvalue weighted by Gasteiger charge is -2.31. The number of aromatic nitrogens is 3. The summed E-state index contributed by atoms with van der Waals surface area (Å²) in [6.07, 6.45) is 5.45. The molecule has 130 valence electrons. The van der Waals surface area contributed by atoms with Crippen LogP contribution in [-0.2, 0) is 20.0 Å². The lowest BCUT2D eigenvalue weighted by Crippen LogP contribution is -2.34. The van der Waals surface area contributed by atoms with Gasteiger partial charge in [0, 0.05) is 20.0 Å². The quantitative estimate of drug-likeness (QED) is 0.582. The van der Waals surface area contributed by atoms with Gasteiger partial charge in [-0.2, -0.15) is 0 Å². The Balaban J connectivity index is 1.50. The lowest BCUT2D eigenvalue weighted by molar-refractivity contribution is 0.102. The number of Topliss-reactive ketones (excluding diaryl/α,β-unsaturated/α-hetero) is 1. The van der Waals surface area contributed by atoms with Crippen LogP contribution in [0.1, 0.15) is 40.8 Å². The molecule has 0 atom stereocenters. The third-order valence-corrected chi connectivity index (χ3v) is 6.49. The molecule has 2 aromatic heterocycles. The molecule has 0 radical (unpaired) electrons. The number of carbonyl (C=O) groups excluding carboxylic acids is 1. The van der Waals surface area contributed by atoms with Crippen LogP contribution in [0.2, 0.25) is 0 Å². The molecule has 0 N–H and O–H groups in total. The van der Waals surface area contributed by atoms with Crippen molar-refractivity contribution in [1.82, 2.24) is 19.7 Å². The molecule has 3 heterocycles. The highest BCUT2D eigenvalue weighted by Gasteiger charge is 2.22. The van der Waals surface area contributed by atoms with E-state index in [9.17, 15) is 4.79 Å². The van der Waals surface area contributed by atoms with E-state index in [-0.39, 0.29) is 5.78 Å². The summed E-state index contributed by atoms with van der Waals surface area (Å²) in [5.74, 6) is 1.95.